The van der Waals surface area contributed by atoms with Gasteiger partial charge in [-0.1, -0.05) is 32.0 Å². The highest BCUT2D eigenvalue weighted by Gasteiger charge is 2.18. The lowest BCUT2D eigenvalue weighted by molar-refractivity contribution is 0.122. The van der Waals surface area contributed by atoms with Crippen molar-refractivity contribution >= 4 is 11.4 Å². The highest BCUT2D eigenvalue weighted by atomic mass is 16.5. The smallest absolute Gasteiger partial charge is 0.0732 e. The van der Waals surface area contributed by atoms with Crippen LogP contribution in [0.25, 0.3) is 16.8 Å². The predicted octanol–water partition coefficient (Wildman–Crippen LogP) is 4.71. The van der Waals surface area contributed by atoms with Crippen LogP contribution < -0.4 is 9.80 Å². The van der Waals surface area contributed by atoms with Crippen molar-refractivity contribution in [2.75, 3.05) is 49.2 Å². The highest BCUT2D eigenvalue weighted by Crippen LogP contribution is 2.32. The second-order valence-corrected chi connectivity index (χ2v) is 8.53. The maximum Gasteiger partial charge on any atom is 0.0732 e. The Bertz CT molecular complexity index is 998. The second-order valence-electron chi connectivity index (χ2n) is 8.53. The van der Waals surface area contributed by atoms with Gasteiger partial charge < -0.3 is 14.5 Å². The summed E-state index contributed by atoms with van der Waals surface area (Å²) in [5, 5.41) is 4.98. The lowest BCUT2D eigenvalue weighted by Crippen LogP contribution is -2.36. The number of benzene rings is 2. The summed E-state index contributed by atoms with van der Waals surface area (Å²) in [5.41, 5.74) is 7.26. The SMILES string of the molecule is CC(C)c1nn(-c2cccc(N3CCC3)c2)cc1-c1ccc(N2CCOCC2)cc1. The molecule has 3 aromatic rings. The number of ether oxygens (including phenoxy) is 1. The zero-order chi connectivity index (χ0) is 20.5. The van der Waals surface area contributed by atoms with E-state index >= 15 is 0 Å². The van der Waals surface area contributed by atoms with Gasteiger partial charge >= 0.3 is 0 Å². The summed E-state index contributed by atoms with van der Waals surface area (Å²) >= 11 is 0. The molecule has 5 nitrogen and oxygen atoms in total. The van der Waals surface area contributed by atoms with Gasteiger partial charge in [-0.25, -0.2) is 4.68 Å². The van der Waals surface area contributed by atoms with Gasteiger partial charge in [0.2, 0.25) is 0 Å². The van der Waals surface area contributed by atoms with Crippen LogP contribution in [0.1, 0.15) is 31.9 Å². The van der Waals surface area contributed by atoms with Crippen molar-refractivity contribution in [3.8, 4) is 16.8 Å². The Kier molecular flexibility index (Phi) is 5.21. The second kappa shape index (κ2) is 8.15. The van der Waals surface area contributed by atoms with Crippen molar-refractivity contribution in [1.82, 2.24) is 9.78 Å². The van der Waals surface area contributed by atoms with Crippen molar-refractivity contribution in [2.24, 2.45) is 0 Å². The molecule has 1 aromatic heterocycles. The van der Waals surface area contributed by atoms with E-state index in [4.69, 9.17) is 9.84 Å². The van der Waals surface area contributed by atoms with Crippen LogP contribution in [0.2, 0.25) is 0 Å². The molecule has 0 saturated carbocycles. The van der Waals surface area contributed by atoms with Crippen molar-refractivity contribution in [3.63, 3.8) is 0 Å². The molecule has 0 N–H and O–H groups in total. The topological polar surface area (TPSA) is 33.5 Å². The summed E-state index contributed by atoms with van der Waals surface area (Å²) < 4.78 is 7.52. The van der Waals surface area contributed by atoms with Crippen LogP contribution in [0, 0.1) is 0 Å². The first-order valence-electron chi connectivity index (χ1n) is 11.1. The zero-order valence-electron chi connectivity index (χ0n) is 17.9. The molecule has 0 aliphatic carbocycles. The largest absolute Gasteiger partial charge is 0.378 e. The maximum absolute atomic E-state index is 5.48. The fourth-order valence-electron chi connectivity index (χ4n) is 4.25. The molecular formula is C25H30N4O. The number of anilines is 2. The average Bonchev–Trinajstić information content (AvgIpc) is 3.20. The molecule has 156 valence electrons. The molecule has 5 rings (SSSR count). The van der Waals surface area contributed by atoms with Crippen molar-refractivity contribution in [3.05, 3.63) is 60.4 Å². The van der Waals surface area contributed by atoms with Crippen molar-refractivity contribution in [1.29, 1.82) is 0 Å². The van der Waals surface area contributed by atoms with Crippen LogP contribution in [0.3, 0.4) is 0 Å². The summed E-state index contributed by atoms with van der Waals surface area (Å²) in [6, 6.07) is 17.6. The van der Waals surface area contributed by atoms with Gasteiger partial charge in [0, 0.05) is 49.3 Å². The van der Waals surface area contributed by atoms with Gasteiger partial charge in [-0.2, -0.15) is 5.10 Å². The molecule has 2 fully saturated rings. The molecule has 0 radical (unpaired) electrons. The van der Waals surface area contributed by atoms with Gasteiger partial charge in [0.25, 0.3) is 0 Å². The third-order valence-electron chi connectivity index (χ3n) is 6.16. The van der Waals surface area contributed by atoms with E-state index in [1.54, 1.807) is 0 Å². The molecule has 5 heteroatoms. The Morgan fingerprint density at radius 1 is 0.833 bits per heavy atom. The minimum absolute atomic E-state index is 0.360. The molecule has 0 spiro atoms. The third kappa shape index (κ3) is 3.70. The number of morpholine rings is 1. The van der Waals surface area contributed by atoms with Crippen molar-refractivity contribution in [2.45, 2.75) is 26.2 Å². The summed E-state index contributed by atoms with van der Waals surface area (Å²) in [6.07, 6.45) is 3.47. The molecule has 0 amide bonds. The van der Waals surface area contributed by atoms with Crippen LogP contribution in [0.15, 0.2) is 54.7 Å². The van der Waals surface area contributed by atoms with Gasteiger partial charge in [-0.3, -0.25) is 0 Å². The van der Waals surface area contributed by atoms with Crippen LogP contribution in [-0.4, -0.2) is 49.2 Å². The number of hydrogen-bond donors (Lipinski definition) is 0. The summed E-state index contributed by atoms with van der Waals surface area (Å²) in [7, 11) is 0. The van der Waals surface area contributed by atoms with Gasteiger partial charge in [0.15, 0.2) is 0 Å². The molecule has 2 aliphatic heterocycles. The normalized spacial score (nSPS) is 16.8. The first-order chi connectivity index (χ1) is 14.7. The number of rotatable bonds is 5. The van der Waals surface area contributed by atoms with Crippen LogP contribution in [-0.2, 0) is 4.74 Å². The molecule has 0 unspecified atom stereocenters. The predicted molar refractivity (Wildman–Crippen MR) is 123 cm³/mol. The minimum atomic E-state index is 0.360. The van der Waals surface area contributed by atoms with Crippen molar-refractivity contribution < 1.29 is 4.74 Å². The van der Waals surface area contributed by atoms with Crippen LogP contribution in [0.4, 0.5) is 11.4 Å². The van der Waals surface area contributed by atoms with Crippen LogP contribution >= 0.6 is 0 Å². The summed E-state index contributed by atoms with van der Waals surface area (Å²) in [6.45, 7) is 10.3. The first kappa shape index (κ1) is 19.2. The Labute approximate surface area is 178 Å². The standard InChI is InChI=1S/C25H30N4O/c1-19(2)25-24(20-7-9-21(10-8-20)28-13-15-30-16-14-28)18-29(26-25)23-6-3-5-22(17-23)27-11-4-12-27/h3,5-10,17-19H,4,11-16H2,1-2H3. The number of nitrogens with zero attached hydrogens (tertiary/aromatic N) is 4. The number of hydrogen-bond acceptors (Lipinski definition) is 4. The molecular weight excluding hydrogens is 372 g/mol. The molecule has 0 bridgehead atoms. The molecule has 2 saturated heterocycles. The Morgan fingerprint density at radius 2 is 1.53 bits per heavy atom. The molecule has 3 heterocycles. The monoisotopic (exact) mass is 402 g/mol. The summed E-state index contributed by atoms with van der Waals surface area (Å²) in [5.74, 6) is 0.360. The molecule has 0 atom stereocenters. The van der Waals surface area contributed by atoms with E-state index in [0.29, 0.717) is 5.92 Å². The van der Waals surface area contributed by atoms with E-state index in [9.17, 15) is 0 Å². The minimum Gasteiger partial charge on any atom is -0.378 e. The van der Waals surface area contributed by atoms with Gasteiger partial charge in [-0.15, -0.1) is 0 Å². The summed E-state index contributed by atoms with van der Waals surface area (Å²) in [4.78, 5) is 4.81. The van der Waals surface area contributed by atoms with E-state index < -0.39 is 0 Å². The average molecular weight is 403 g/mol. The quantitative estimate of drug-likeness (QED) is 0.619. The van der Waals surface area contributed by atoms with E-state index in [1.807, 2.05) is 4.68 Å². The van der Waals surface area contributed by atoms with Gasteiger partial charge in [0.05, 0.1) is 24.6 Å². The molecule has 2 aromatic carbocycles. The highest BCUT2D eigenvalue weighted by molar-refractivity contribution is 5.69. The van der Waals surface area contributed by atoms with Crippen LogP contribution in [0.5, 0.6) is 0 Å². The van der Waals surface area contributed by atoms with E-state index in [2.05, 4.69) is 78.4 Å². The molecule has 2 aliphatic rings. The Morgan fingerprint density at radius 3 is 2.20 bits per heavy atom. The number of aromatic nitrogens is 2. The first-order valence-corrected chi connectivity index (χ1v) is 11.1. The Balaban J connectivity index is 1.46. The van der Waals surface area contributed by atoms with E-state index in [1.165, 1.54) is 28.9 Å². The lowest BCUT2D eigenvalue weighted by atomic mass is 10.00. The third-order valence-corrected chi connectivity index (χ3v) is 6.16. The van der Waals surface area contributed by atoms with E-state index in [0.717, 1.165) is 50.8 Å². The fraction of sp³-hybridized carbons (Fsp3) is 0.400. The van der Waals surface area contributed by atoms with Gasteiger partial charge in [0.1, 0.15) is 0 Å². The lowest BCUT2D eigenvalue weighted by Gasteiger charge is -2.33. The maximum atomic E-state index is 5.48. The fourth-order valence-corrected chi connectivity index (χ4v) is 4.25. The van der Waals surface area contributed by atoms with Gasteiger partial charge in [-0.05, 0) is 48.2 Å². The molecule has 30 heavy (non-hydrogen) atoms. The zero-order valence-corrected chi connectivity index (χ0v) is 17.9. The van der Waals surface area contributed by atoms with E-state index in [-0.39, 0.29) is 0 Å². The Hall–Kier alpha value is -2.79.